The zero-order chi connectivity index (χ0) is 14.5. The van der Waals surface area contributed by atoms with Crippen LogP contribution in [0, 0.1) is 5.92 Å². The van der Waals surface area contributed by atoms with Gasteiger partial charge in [-0.05, 0) is 38.1 Å². The lowest BCUT2D eigenvalue weighted by Crippen LogP contribution is -2.52. The highest BCUT2D eigenvalue weighted by atomic mass is 35.5. The standard InChI is InChI=1S/C16H29N3O2.2ClH/c20-16(15-5-1-2-6-17-15)19-7-3-4-14(13-19)12-18-8-10-21-11-9-18;;/h14-15,17H,1-13H2;2*1H/t14?,15-;;/m1../s1. The van der Waals surface area contributed by atoms with E-state index >= 15 is 0 Å². The predicted octanol–water partition coefficient (Wildman–Crippen LogP) is 1.54. The van der Waals surface area contributed by atoms with Crippen LogP contribution in [0.1, 0.15) is 32.1 Å². The highest BCUT2D eigenvalue weighted by Crippen LogP contribution is 2.20. The van der Waals surface area contributed by atoms with Gasteiger partial charge in [0, 0.05) is 32.7 Å². The van der Waals surface area contributed by atoms with Crippen molar-refractivity contribution in [1.29, 1.82) is 0 Å². The first kappa shape index (κ1) is 21.0. The lowest BCUT2D eigenvalue weighted by Gasteiger charge is -2.38. The number of nitrogens with zero attached hydrogens (tertiary/aromatic N) is 2. The molecule has 1 amide bonds. The molecule has 3 heterocycles. The van der Waals surface area contributed by atoms with Gasteiger partial charge in [-0.2, -0.15) is 0 Å². The predicted molar refractivity (Wildman–Crippen MR) is 96.7 cm³/mol. The Bertz CT molecular complexity index is 348. The first-order valence-corrected chi connectivity index (χ1v) is 8.65. The van der Waals surface area contributed by atoms with Crippen LogP contribution in [0.15, 0.2) is 0 Å². The summed E-state index contributed by atoms with van der Waals surface area (Å²) in [6, 6.07) is 0.0842. The van der Waals surface area contributed by atoms with Crippen molar-refractivity contribution in [2.75, 3.05) is 52.5 Å². The Hall–Kier alpha value is -0.0700. The summed E-state index contributed by atoms with van der Waals surface area (Å²) < 4.78 is 5.41. The molecule has 136 valence electrons. The molecule has 2 atom stereocenters. The van der Waals surface area contributed by atoms with Gasteiger partial charge < -0.3 is 15.0 Å². The molecule has 3 rings (SSSR count). The van der Waals surface area contributed by atoms with Crippen LogP contribution in [-0.4, -0.2) is 74.2 Å². The summed E-state index contributed by atoms with van der Waals surface area (Å²) in [6.07, 6.45) is 5.84. The third-order valence-corrected chi connectivity index (χ3v) is 5.06. The van der Waals surface area contributed by atoms with Crippen molar-refractivity contribution in [3.8, 4) is 0 Å². The second-order valence-corrected chi connectivity index (χ2v) is 6.71. The first-order chi connectivity index (χ1) is 10.3. The smallest absolute Gasteiger partial charge is 0.239 e. The molecule has 5 nitrogen and oxygen atoms in total. The monoisotopic (exact) mass is 367 g/mol. The van der Waals surface area contributed by atoms with Crippen LogP contribution in [0.3, 0.4) is 0 Å². The van der Waals surface area contributed by atoms with Crippen LogP contribution in [0.4, 0.5) is 0 Å². The van der Waals surface area contributed by atoms with Crippen LogP contribution in [0.2, 0.25) is 0 Å². The van der Waals surface area contributed by atoms with Crippen molar-refractivity contribution in [3.63, 3.8) is 0 Å². The molecule has 23 heavy (non-hydrogen) atoms. The molecule has 0 bridgehead atoms. The summed E-state index contributed by atoms with van der Waals surface area (Å²) in [5.74, 6) is 0.991. The van der Waals surface area contributed by atoms with Crippen molar-refractivity contribution < 1.29 is 9.53 Å². The fraction of sp³-hybridized carbons (Fsp3) is 0.938. The Morgan fingerprint density at radius 1 is 1.04 bits per heavy atom. The minimum Gasteiger partial charge on any atom is -0.379 e. The molecule has 0 saturated carbocycles. The van der Waals surface area contributed by atoms with Gasteiger partial charge in [0.05, 0.1) is 19.3 Å². The molecule has 1 N–H and O–H groups in total. The average Bonchev–Trinajstić information content (AvgIpc) is 2.56. The Balaban J connectivity index is 0.00000132. The van der Waals surface area contributed by atoms with Gasteiger partial charge in [0.2, 0.25) is 5.91 Å². The number of likely N-dealkylation sites (tertiary alicyclic amines) is 1. The fourth-order valence-corrected chi connectivity index (χ4v) is 3.85. The summed E-state index contributed by atoms with van der Waals surface area (Å²) in [7, 11) is 0. The molecule has 3 fully saturated rings. The molecule has 0 aromatic heterocycles. The van der Waals surface area contributed by atoms with Gasteiger partial charge in [-0.1, -0.05) is 6.42 Å². The zero-order valence-corrected chi connectivity index (χ0v) is 15.5. The van der Waals surface area contributed by atoms with Crippen molar-refractivity contribution in [2.24, 2.45) is 5.92 Å². The Kier molecular flexibility index (Phi) is 9.78. The van der Waals surface area contributed by atoms with Gasteiger partial charge in [-0.3, -0.25) is 9.69 Å². The van der Waals surface area contributed by atoms with Gasteiger partial charge in [-0.15, -0.1) is 24.8 Å². The van der Waals surface area contributed by atoms with E-state index in [0.29, 0.717) is 11.8 Å². The molecule has 0 spiro atoms. The second-order valence-electron chi connectivity index (χ2n) is 6.71. The van der Waals surface area contributed by atoms with E-state index in [-0.39, 0.29) is 30.9 Å². The summed E-state index contributed by atoms with van der Waals surface area (Å²) in [5.41, 5.74) is 0. The number of hydrogen-bond donors (Lipinski definition) is 1. The third kappa shape index (κ3) is 6.05. The van der Waals surface area contributed by atoms with E-state index in [0.717, 1.165) is 65.3 Å². The molecule has 0 aliphatic carbocycles. The number of carbonyl (C=O) groups is 1. The summed E-state index contributed by atoms with van der Waals surface area (Å²) >= 11 is 0. The van der Waals surface area contributed by atoms with Gasteiger partial charge in [0.25, 0.3) is 0 Å². The minimum absolute atomic E-state index is 0. The van der Waals surface area contributed by atoms with Crippen molar-refractivity contribution in [3.05, 3.63) is 0 Å². The molecule has 3 saturated heterocycles. The van der Waals surface area contributed by atoms with Gasteiger partial charge >= 0.3 is 0 Å². The Morgan fingerprint density at radius 2 is 1.83 bits per heavy atom. The highest BCUT2D eigenvalue weighted by molar-refractivity contribution is 5.85. The fourth-order valence-electron chi connectivity index (χ4n) is 3.85. The summed E-state index contributed by atoms with van der Waals surface area (Å²) in [5, 5.41) is 3.39. The molecule has 3 aliphatic heterocycles. The molecule has 0 aromatic carbocycles. The largest absolute Gasteiger partial charge is 0.379 e. The van der Waals surface area contributed by atoms with Crippen molar-refractivity contribution in [1.82, 2.24) is 15.1 Å². The molecule has 3 aliphatic rings. The van der Waals surface area contributed by atoms with Crippen LogP contribution in [0.25, 0.3) is 0 Å². The summed E-state index contributed by atoms with van der Waals surface area (Å²) in [6.45, 7) is 7.86. The number of carbonyl (C=O) groups excluding carboxylic acids is 1. The number of amides is 1. The number of rotatable bonds is 3. The molecular weight excluding hydrogens is 337 g/mol. The van der Waals surface area contributed by atoms with E-state index in [1.54, 1.807) is 0 Å². The first-order valence-electron chi connectivity index (χ1n) is 8.65. The van der Waals surface area contributed by atoms with Crippen molar-refractivity contribution in [2.45, 2.75) is 38.1 Å². The average molecular weight is 368 g/mol. The molecule has 7 heteroatoms. The number of halogens is 2. The van der Waals surface area contributed by atoms with Crippen LogP contribution in [0.5, 0.6) is 0 Å². The third-order valence-electron chi connectivity index (χ3n) is 5.06. The van der Waals surface area contributed by atoms with Crippen LogP contribution >= 0.6 is 24.8 Å². The molecular formula is C16H31Cl2N3O2. The van der Waals surface area contributed by atoms with Gasteiger partial charge in [-0.25, -0.2) is 0 Å². The topological polar surface area (TPSA) is 44.8 Å². The van der Waals surface area contributed by atoms with E-state index < -0.39 is 0 Å². The zero-order valence-electron chi connectivity index (χ0n) is 13.9. The van der Waals surface area contributed by atoms with Gasteiger partial charge in [0.1, 0.15) is 0 Å². The van der Waals surface area contributed by atoms with E-state index in [9.17, 15) is 4.79 Å². The number of ether oxygens (including phenoxy) is 1. The van der Waals surface area contributed by atoms with Gasteiger partial charge in [0.15, 0.2) is 0 Å². The maximum absolute atomic E-state index is 12.6. The molecule has 0 radical (unpaired) electrons. The van der Waals surface area contributed by atoms with E-state index in [1.807, 2.05) is 0 Å². The Morgan fingerprint density at radius 3 is 2.52 bits per heavy atom. The SMILES string of the molecule is Cl.Cl.O=C([C@H]1CCCCN1)N1CCCC(CN2CCOCC2)C1. The maximum Gasteiger partial charge on any atom is 0.239 e. The van der Waals surface area contributed by atoms with E-state index in [4.69, 9.17) is 4.74 Å². The van der Waals surface area contributed by atoms with Crippen LogP contribution < -0.4 is 5.32 Å². The maximum atomic E-state index is 12.6. The lowest BCUT2D eigenvalue weighted by molar-refractivity contribution is -0.136. The Labute approximate surface area is 152 Å². The molecule has 0 aromatic rings. The normalized spacial score (nSPS) is 29.3. The number of nitrogens with one attached hydrogen (secondary N) is 1. The number of piperidine rings is 2. The van der Waals surface area contributed by atoms with E-state index in [2.05, 4.69) is 15.1 Å². The van der Waals surface area contributed by atoms with Crippen LogP contribution in [-0.2, 0) is 9.53 Å². The number of hydrogen-bond acceptors (Lipinski definition) is 4. The molecule has 1 unspecified atom stereocenters. The highest BCUT2D eigenvalue weighted by Gasteiger charge is 2.30. The quantitative estimate of drug-likeness (QED) is 0.821. The van der Waals surface area contributed by atoms with Crippen molar-refractivity contribution >= 4 is 30.7 Å². The lowest BCUT2D eigenvalue weighted by atomic mass is 9.95. The van der Waals surface area contributed by atoms with E-state index in [1.165, 1.54) is 19.3 Å². The second kappa shape index (κ2) is 10.7. The number of morpholine rings is 1. The minimum atomic E-state index is 0. The summed E-state index contributed by atoms with van der Waals surface area (Å²) in [4.78, 5) is 17.2.